The van der Waals surface area contributed by atoms with E-state index in [1.807, 2.05) is 20.1 Å². The average Bonchev–Trinajstić information content (AvgIpc) is 2.10. The van der Waals surface area contributed by atoms with Crippen LogP contribution in [0.3, 0.4) is 0 Å². The minimum atomic E-state index is -0.444. The molecule has 4 heteroatoms. The van der Waals surface area contributed by atoms with Gasteiger partial charge in [-0.3, -0.25) is 0 Å². The van der Waals surface area contributed by atoms with Gasteiger partial charge in [0.05, 0.1) is 16.0 Å². The van der Waals surface area contributed by atoms with Crippen LogP contribution in [0.25, 0.3) is 0 Å². The van der Waals surface area contributed by atoms with Crippen molar-refractivity contribution >= 4 is 23.4 Å². The number of rotatable bonds is 3. The molecule has 0 bridgehead atoms. The molecule has 0 saturated carbocycles. The lowest BCUT2D eigenvalue weighted by Crippen LogP contribution is -2.06. The third-order valence-electron chi connectivity index (χ3n) is 1.57. The summed E-state index contributed by atoms with van der Waals surface area (Å²) in [5.41, 5.74) is 0. The summed E-state index contributed by atoms with van der Waals surface area (Å²) in [5.74, 6) is 0.106. The number of ether oxygens (including phenoxy) is 1. The minimum absolute atomic E-state index is 0.0291. The van der Waals surface area contributed by atoms with E-state index in [1.165, 1.54) is 17.8 Å². The molecule has 0 atom stereocenters. The number of hydrogen-bond donors (Lipinski definition) is 0. The van der Waals surface area contributed by atoms with Crippen molar-refractivity contribution in [3.05, 3.63) is 23.0 Å². The Morgan fingerprint density at radius 2 is 2.07 bits per heavy atom. The first-order valence-corrected chi connectivity index (χ1v) is 5.84. The number of benzene rings is 1. The number of thioether (sulfide) groups is 1. The molecule has 0 heterocycles. The molecular formula is C10H12ClFOS. The lowest BCUT2D eigenvalue weighted by molar-refractivity contribution is 0.235. The Balaban J connectivity index is 3.07. The molecule has 0 saturated heterocycles. The highest BCUT2D eigenvalue weighted by Gasteiger charge is 2.10. The maximum Gasteiger partial charge on any atom is 0.145 e. The summed E-state index contributed by atoms with van der Waals surface area (Å²) in [6, 6.07) is 2.91. The van der Waals surface area contributed by atoms with Gasteiger partial charge in [-0.1, -0.05) is 11.6 Å². The molecule has 0 fully saturated rings. The Kier molecular flexibility index (Phi) is 4.08. The summed E-state index contributed by atoms with van der Waals surface area (Å²) >= 11 is 7.14. The molecule has 78 valence electrons. The van der Waals surface area contributed by atoms with Gasteiger partial charge >= 0.3 is 0 Å². The van der Waals surface area contributed by atoms with Crippen LogP contribution in [-0.2, 0) is 0 Å². The Hall–Kier alpha value is -0.410. The predicted octanol–water partition coefficient (Wildman–Crippen LogP) is 3.99. The summed E-state index contributed by atoms with van der Waals surface area (Å²) in [4.78, 5) is 0.852. The topological polar surface area (TPSA) is 9.23 Å². The molecule has 1 rings (SSSR count). The molecular weight excluding hydrogens is 223 g/mol. The quantitative estimate of drug-likeness (QED) is 0.732. The second-order valence-corrected chi connectivity index (χ2v) is 4.34. The van der Waals surface area contributed by atoms with Gasteiger partial charge in [-0.25, -0.2) is 4.39 Å². The van der Waals surface area contributed by atoms with Crippen molar-refractivity contribution in [3.8, 4) is 5.75 Å². The van der Waals surface area contributed by atoms with Crippen LogP contribution in [0.4, 0.5) is 4.39 Å². The molecule has 0 radical (unpaired) electrons. The van der Waals surface area contributed by atoms with Crippen molar-refractivity contribution in [1.29, 1.82) is 0 Å². The average molecular weight is 235 g/mol. The predicted molar refractivity (Wildman–Crippen MR) is 59.0 cm³/mol. The van der Waals surface area contributed by atoms with Crippen molar-refractivity contribution in [1.82, 2.24) is 0 Å². The van der Waals surface area contributed by atoms with E-state index in [1.54, 1.807) is 6.07 Å². The van der Waals surface area contributed by atoms with Crippen molar-refractivity contribution < 1.29 is 9.13 Å². The molecule has 0 aliphatic heterocycles. The first-order chi connectivity index (χ1) is 6.54. The molecule has 0 aliphatic rings. The highest BCUT2D eigenvalue weighted by molar-refractivity contribution is 7.98. The van der Waals surface area contributed by atoms with Gasteiger partial charge in [0.15, 0.2) is 0 Å². The van der Waals surface area contributed by atoms with Gasteiger partial charge < -0.3 is 4.74 Å². The molecule has 1 nitrogen and oxygen atoms in total. The summed E-state index contributed by atoms with van der Waals surface area (Å²) in [6.45, 7) is 3.80. The van der Waals surface area contributed by atoms with E-state index in [0.29, 0.717) is 5.75 Å². The van der Waals surface area contributed by atoms with E-state index >= 15 is 0 Å². The van der Waals surface area contributed by atoms with Crippen LogP contribution >= 0.6 is 23.4 Å². The highest BCUT2D eigenvalue weighted by atomic mass is 35.5. The molecule has 14 heavy (non-hydrogen) atoms. The third-order valence-corrected chi connectivity index (χ3v) is 2.62. The van der Waals surface area contributed by atoms with E-state index in [4.69, 9.17) is 16.3 Å². The Labute approximate surface area is 92.6 Å². The van der Waals surface area contributed by atoms with Crippen LogP contribution < -0.4 is 4.74 Å². The number of hydrogen-bond acceptors (Lipinski definition) is 2. The van der Waals surface area contributed by atoms with Gasteiger partial charge in [0, 0.05) is 6.07 Å². The normalized spacial score (nSPS) is 10.7. The van der Waals surface area contributed by atoms with Crippen molar-refractivity contribution in [2.75, 3.05) is 6.26 Å². The molecule has 0 spiro atoms. The smallest absolute Gasteiger partial charge is 0.145 e. The standard InChI is InChI=1S/C10H12ClFOS/c1-6(2)13-9-5-8(12)7(11)4-10(9)14-3/h4-6H,1-3H3. The van der Waals surface area contributed by atoms with E-state index < -0.39 is 5.82 Å². The summed E-state index contributed by atoms with van der Waals surface area (Å²) in [7, 11) is 0. The van der Waals surface area contributed by atoms with Crippen molar-refractivity contribution in [3.63, 3.8) is 0 Å². The molecule has 0 unspecified atom stereocenters. The SMILES string of the molecule is CSc1cc(Cl)c(F)cc1OC(C)C. The maximum atomic E-state index is 13.1. The van der Waals surface area contributed by atoms with Gasteiger partial charge in [-0.15, -0.1) is 11.8 Å². The Bertz CT molecular complexity index is 328. The summed E-state index contributed by atoms with van der Waals surface area (Å²) < 4.78 is 18.6. The Morgan fingerprint density at radius 1 is 1.43 bits per heavy atom. The fourth-order valence-corrected chi connectivity index (χ4v) is 1.79. The number of halogens is 2. The molecule has 0 amide bonds. The van der Waals surface area contributed by atoms with Crippen molar-refractivity contribution in [2.45, 2.75) is 24.8 Å². The maximum absolute atomic E-state index is 13.1. The molecule has 0 aromatic heterocycles. The van der Waals surface area contributed by atoms with Crippen LogP contribution in [0, 0.1) is 5.82 Å². The van der Waals surface area contributed by atoms with Crippen molar-refractivity contribution in [2.24, 2.45) is 0 Å². The molecule has 0 aliphatic carbocycles. The highest BCUT2D eigenvalue weighted by Crippen LogP contribution is 2.33. The summed E-state index contributed by atoms with van der Waals surface area (Å²) in [6.07, 6.45) is 1.93. The van der Waals surface area contributed by atoms with Crippen LogP contribution in [0.1, 0.15) is 13.8 Å². The fraction of sp³-hybridized carbons (Fsp3) is 0.400. The van der Waals surface area contributed by atoms with Crippen LogP contribution in [-0.4, -0.2) is 12.4 Å². The first kappa shape index (κ1) is 11.7. The van der Waals surface area contributed by atoms with Crippen LogP contribution in [0.5, 0.6) is 5.75 Å². The lowest BCUT2D eigenvalue weighted by atomic mass is 10.3. The summed E-state index contributed by atoms with van der Waals surface area (Å²) in [5, 5.41) is 0.130. The van der Waals surface area contributed by atoms with Gasteiger partial charge in [0.2, 0.25) is 0 Å². The largest absolute Gasteiger partial charge is 0.490 e. The fourth-order valence-electron chi connectivity index (χ4n) is 1.02. The zero-order chi connectivity index (χ0) is 10.7. The second kappa shape index (κ2) is 4.89. The van der Waals surface area contributed by atoms with E-state index in [-0.39, 0.29) is 11.1 Å². The van der Waals surface area contributed by atoms with Gasteiger partial charge in [-0.05, 0) is 26.2 Å². The van der Waals surface area contributed by atoms with Gasteiger partial charge in [0.25, 0.3) is 0 Å². The molecule has 1 aromatic rings. The van der Waals surface area contributed by atoms with Crippen LogP contribution in [0.2, 0.25) is 5.02 Å². The second-order valence-electron chi connectivity index (χ2n) is 3.08. The monoisotopic (exact) mass is 234 g/mol. The van der Waals surface area contributed by atoms with Gasteiger partial charge in [0.1, 0.15) is 11.6 Å². The first-order valence-electron chi connectivity index (χ1n) is 4.24. The van der Waals surface area contributed by atoms with E-state index in [9.17, 15) is 4.39 Å². The van der Waals surface area contributed by atoms with Gasteiger partial charge in [-0.2, -0.15) is 0 Å². The lowest BCUT2D eigenvalue weighted by Gasteiger charge is -2.13. The zero-order valence-corrected chi connectivity index (χ0v) is 9.88. The van der Waals surface area contributed by atoms with E-state index in [2.05, 4.69) is 0 Å². The van der Waals surface area contributed by atoms with E-state index in [0.717, 1.165) is 4.90 Å². The Morgan fingerprint density at radius 3 is 2.57 bits per heavy atom. The third kappa shape index (κ3) is 2.79. The molecule has 1 aromatic carbocycles. The van der Waals surface area contributed by atoms with Crippen LogP contribution in [0.15, 0.2) is 17.0 Å². The molecule has 0 N–H and O–H groups in total. The zero-order valence-electron chi connectivity index (χ0n) is 8.30. The minimum Gasteiger partial charge on any atom is -0.490 e.